The second kappa shape index (κ2) is 8.46. The zero-order valence-corrected chi connectivity index (χ0v) is 14.0. The fourth-order valence-electron chi connectivity index (χ4n) is 2.41. The van der Waals surface area contributed by atoms with Crippen molar-refractivity contribution in [1.82, 2.24) is 4.90 Å². The van der Waals surface area contributed by atoms with Gasteiger partial charge < -0.3 is 10.1 Å². The summed E-state index contributed by atoms with van der Waals surface area (Å²) in [6.07, 6.45) is -0.0478. The van der Waals surface area contributed by atoms with Crippen LogP contribution in [0.25, 0.3) is 0 Å². The molecule has 0 saturated carbocycles. The highest BCUT2D eigenvalue weighted by molar-refractivity contribution is 5.92. The van der Waals surface area contributed by atoms with Gasteiger partial charge in [0.05, 0.1) is 12.6 Å². The Labute approximate surface area is 138 Å². The molecular weight excluding hydrogens is 288 g/mol. The van der Waals surface area contributed by atoms with E-state index in [-0.39, 0.29) is 12.0 Å². The van der Waals surface area contributed by atoms with Gasteiger partial charge in [0.1, 0.15) is 0 Å². The second-order valence-corrected chi connectivity index (χ2v) is 5.75. The van der Waals surface area contributed by atoms with Gasteiger partial charge in [0.2, 0.25) is 5.91 Å². The molecule has 0 bridgehead atoms. The lowest BCUT2D eigenvalue weighted by Gasteiger charge is -2.23. The molecule has 0 heterocycles. The number of carbonyl (C=O) groups excluding carboxylic acids is 1. The highest BCUT2D eigenvalue weighted by Crippen LogP contribution is 2.17. The van der Waals surface area contributed by atoms with Crippen LogP contribution in [0.2, 0.25) is 0 Å². The molecular formula is C19H24N2O2. The Bertz CT molecular complexity index is 611. The van der Waals surface area contributed by atoms with Gasteiger partial charge in [-0.1, -0.05) is 48.0 Å². The summed E-state index contributed by atoms with van der Waals surface area (Å²) in [6.45, 7) is 3.00. The third-order valence-corrected chi connectivity index (χ3v) is 3.68. The fraction of sp³-hybridized carbons (Fsp3) is 0.316. The fourth-order valence-corrected chi connectivity index (χ4v) is 2.41. The summed E-state index contributed by atoms with van der Waals surface area (Å²) in [4.78, 5) is 14.1. The number of methoxy groups -OCH3 is 1. The first-order valence-corrected chi connectivity index (χ1v) is 7.71. The average Bonchev–Trinajstić information content (AvgIpc) is 2.55. The molecule has 0 aromatic heterocycles. The summed E-state index contributed by atoms with van der Waals surface area (Å²) in [6, 6.07) is 17.8. The van der Waals surface area contributed by atoms with E-state index in [0.717, 1.165) is 11.3 Å². The molecule has 4 heteroatoms. The number of rotatable bonds is 7. The quantitative estimate of drug-likeness (QED) is 0.853. The Morgan fingerprint density at radius 3 is 2.39 bits per heavy atom. The minimum absolute atomic E-state index is 0.0285. The van der Waals surface area contributed by atoms with E-state index in [4.69, 9.17) is 4.74 Å². The third kappa shape index (κ3) is 5.51. The Balaban J connectivity index is 1.86. The van der Waals surface area contributed by atoms with Crippen LogP contribution in [0.1, 0.15) is 17.2 Å². The molecule has 0 unspecified atom stereocenters. The molecule has 122 valence electrons. The van der Waals surface area contributed by atoms with Crippen LogP contribution in [-0.2, 0) is 9.53 Å². The topological polar surface area (TPSA) is 41.6 Å². The average molecular weight is 312 g/mol. The number of benzene rings is 2. The van der Waals surface area contributed by atoms with Crippen molar-refractivity contribution in [2.75, 3.05) is 32.6 Å². The SMILES string of the molecule is CO[C@@H](CN(C)CC(=O)Nc1ccc(C)cc1)c1ccccc1. The smallest absolute Gasteiger partial charge is 0.238 e. The standard InChI is InChI=1S/C19H24N2O2/c1-15-9-11-17(12-10-15)20-19(22)14-21(2)13-18(23-3)16-7-5-4-6-8-16/h4-12,18H,13-14H2,1-3H3,(H,20,22)/t18-/m0/s1. The molecule has 2 aromatic carbocycles. The van der Waals surface area contributed by atoms with Gasteiger partial charge in [0.15, 0.2) is 0 Å². The van der Waals surface area contributed by atoms with E-state index in [1.54, 1.807) is 7.11 Å². The molecule has 1 atom stereocenters. The summed E-state index contributed by atoms with van der Waals surface area (Å²) in [5.74, 6) is -0.0285. The van der Waals surface area contributed by atoms with Gasteiger partial charge in [-0.3, -0.25) is 9.69 Å². The van der Waals surface area contributed by atoms with Gasteiger partial charge in [-0.05, 0) is 31.7 Å². The lowest BCUT2D eigenvalue weighted by molar-refractivity contribution is -0.117. The number of amides is 1. The molecule has 2 aromatic rings. The number of nitrogens with one attached hydrogen (secondary N) is 1. The van der Waals surface area contributed by atoms with Crippen molar-refractivity contribution in [3.63, 3.8) is 0 Å². The first kappa shape index (κ1) is 17.2. The van der Waals surface area contributed by atoms with E-state index < -0.39 is 0 Å². The molecule has 0 aliphatic rings. The second-order valence-electron chi connectivity index (χ2n) is 5.75. The number of aryl methyl sites for hydroxylation is 1. The molecule has 4 nitrogen and oxygen atoms in total. The summed E-state index contributed by atoms with van der Waals surface area (Å²) < 4.78 is 5.55. The zero-order valence-electron chi connectivity index (χ0n) is 14.0. The molecule has 1 amide bonds. The normalized spacial score (nSPS) is 12.2. The summed E-state index contributed by atoms with van der Waals surface area (Å²) in [5.41, 5.74) is 3.10. The number of anilines is 1. The number of carbonyl (C=O) groups is 1. The minimum Gasteiger partial charge on any atom is -0.375 e. The first-order chi connectivity index (χ1) is 11.1. The molecule has 1 N–H and O–H groups in total. The number of nitrogens with zero attached hydrogens (tertiary/aromatic N) is 1. The molecule has 2 rings (SSSR count). The van der Waals surface area contributed by atoms with Crippen molar-refractivity contribution in [2.45, 2.75) is 13.0 Å². The molecule has 0 saturated heterocycles. The molecule has 0 radical (unpaired) electrons. The van der Waals surface area contributed by atoms with Crippen molar-refractivity contribution in [2.24, 2.45) is 0 Å². The Morgan fingerprint density at radius 1 is 1.13 bits per heavy atom. The van der Waals surface area contributed by atoms with Crippen LogP contribution in [-0.4, -0.2) is 38.1 Å². The predicted molar refractivity (Wildman–Crippen MR) is 93.5 cm³/mol. The van der Waals surface area contributed by atoms with E-state index >= 15 is 0 Å². The highest BCUT2D eigenvalue weighted by atomic mass is 16.5. The monoisotopic (exact) mass is 312 g/mol. The van der Waals surface area contributed by atoms with Crippen LogP contribution in [0.15, 0.2) is 54.6 Å². The van der Waals surface area contributed by atoms with Gasteiger partial charge in [0, 0.05) is 19.3 Å². The van der Waals surface area contributed by atoms with Gasteiger partial charge in [-0.15, -0.1) is 0 Å². The van der Waals surface area contributed by atoms with E-state index in [1.165, 1.54) is 5.56 Å². The minimum atomic E-state index is -0.0478. The number of likely N-dealkylation sites (N-methyl/N-ethyl adjacent to an activating group) is 1. The molecule has 0 aliphatic carbocycles. The lowest BCUT2D eigenvalue weighted by Crippen LogP contribution is -2.33. The van der Waals surface area contributed by atoms with E-state index in [1.807, 2.05) is 73.5 Å². The van der Waals surface area contributed by atoms with Crippen LogP contribution >= 0.6 is 0 Å². The van der Waals surface area contributed by atoms with Crippen LogP contribution in [0.5, 0.6) is 0 Å². The summed E-state index contributed by atoms with van der Waals surface area (Å²) >= 11 is 0. The first-order valence-electron chi connectivity index (χ1n) is 7.71. The molecule has 0 aliphatic heterocycles. The van der Waals surface area contributed by atoms with Crippen molar-refractivity contribution in [3.05, 3.63) is 65.7 Å². The van der Waals surface area contributed by atoms with Crippen molar-refractivity contribution in [1.29, 1.82) is 0 Å². The predicted octanol–water partition coefficient (Wildman–Crippen LogP) is 3.25. The summed E-state index contributed by atoms with van der Waals surface area (Å²) in [7, 11) is 3.61. The molecule has 23 heavy (non-hydrogen) atoms. The van der Waals surface area contributed by atoms with Crippen molar-refractivity contribution >= 4 is 11.6 Å². The summed E-state index contributed by atoms with van der Waals surface area (Å²) in [5, 5.41) is 2.91. The highest BCUT2D eigenvalue weighted by Gasteiger charge is 2.15. The Morgan fingerprint density at radius 2 is 1.78 bits per heavy atom. The third-order valence-electron chi connectivity index (χ3n) is 3.68. The Kier molecular flexibility index (Phi) is 6.32. The van der Waals surface area contributed by atoms with Crippen LogP contribution in [0.3, 0.4) is 0 Å². The van der Waals surface area contributed by atoms with Gasteiger partial charge in [0.25, 0.3) is 0 Å². The largest absolute Gasteiger partial charge is 0.375 e. The van der Waals surface area contributed by atoms with Crippen LogP contribution in [0.4, 0.5) is 5.69 Å². The maximum atomic E-state index is 12.1. The van der Waals surface area contributed by atoms with E-state index in [2.05, 4.69) is 5.32 Å². The number of ether oxygens (including phenoxy) is 1. The number of hydrogen-bond acceptors (Lipinski definition) is 3. The number of hydrogen-bond donors (Lipinski definition) is 1. The van der Waals surface area contributed by atoms with Crippen molar-refractivity contribution < 1.29 is 9.53 Å². The maximum Gasteiger partial charge on any atom is 0.238 e. The van der Waals surface area contributed by atoms with Gasteiger partial charge in [-0.25, -0.2) is 0 Å². The van der Waals surface area contributed by atoms with E-state index in [9.17, 15) is 4.79 Å². The molecule has 0 fully saturated rings. The zero-order chi connectivity index (χ0) is 16.7. The van der Waals surface area contributed by atoms with Crippen molar-refractivity contribution in [3.8, 4) is 0 Å². The maximum absolute atomic E-state index is 12.1. The van der Waals surface area contributed by atoms with Crippen LogP contribution in [0, 0.1) is 6.92 Å². The van der Waals surface area contributed by atoms with Gasteiger partial charge in [-0.2, -0.15) is 0 Å². The van der Waals surface area contributed by atoms with E-state index in [0.29, 0.717) is 13.1 Å². The Hall–Kier alpha value is -2.17. The van der Waals surface area contributed by atoms with Gasteiger partial charge >= 0.3 is 0 Å². The molecule has 0 spiro atoms. The lowest BCUT2D eigenvalue weighted by atomic mass is 10.1. The van der Waals surface area contributed by atoms with Crippen LogP contribution < -0.4 is 5.32 Å².